The fourth-order valence-electron chi connectivity index (χ4n) is 3.52. The molecule has 29 heavy (non-hydrogen) atoms. The van der Waals surface area contributed by atoms with Crippen molar-refractivity contribution >= 4 is 15.6 Å². The first-order valence-electron chi connectivity index (χ1n) is 9.93. The van der Waals surface area contributed by atoms with Gasteiger partial charge in [-0.15, -0.1) is 0 Å². The molecule has 6 heteroatoms. The molecular formula is C23H26N2O3S. The van der Waals surface area contributed by atoms with Crippen LogP contribution in [0.5, 0.6) is 5.75 Å². The van der Waals surface area contributed by atoms with Crippen molar-refractivity contribution in [2.75, 3.05) is 5.75 Å². The van der Waals surface area contributed by atoms with Crippen LogP contribution in [0.25, 0.3) is 5.57 Å². The van der Waals surface area contributed by atoms with Crippen LogP contribution in [0.4, 0.5) is 0 Å². The van der Waals surface area contributed by atoms with Crippen LogP contribution in [0.2, 0.25) is 0 Å². The minimum atomic E-state index is -3.27. The first-order chi connectivity index (χ1) is 14.0. The van der Waals surface area contributed by atoms with Crippen molar-refractivity contribution in [2.24, 2.45) is 0 Å². The van der Waals surface area contributed by atoms with E-state index in [0.717, 1.165) is 36.0 Å². The van der Waals surface area contributed by atoms with E-state index in [4.69, 9.17) is 4.74 Å². The number of nitrogens with zero attached hydrogens (tertiary/aromatic N) is 1. The molecule has 152 valence electrons. The molecule has 0 amide bonds. The molecule has 0 heterocycles. The van der Waals surface area contributed by atoms with Gasteiger partial charge in [0.05, 0.1) is 17.4 Å². The summed E-state index contributed by atoms with van der Waals surface area (Å²) in [5, 5.41) is 9.17. The zero-order valence-corrected chi connectivity index (χ0v) is 17.4. The average Bonchev–Trinajstić information content (AvgIpc) is 2.73. The Morgan fingerprint density at radius 2 is 1.93 bits per heavy atom. The van der Waals surface area contributed by atoms with E-state index in [9.17, 15) is 13.7 Å². The maximum Gasteiger partial charge on any atom is 0.212 e. The Kier molecular flexibility index (Phi) is 7.08. The molecule has 2 aromatic rings. The highest BCUT2D eigenvalue weighted by Crippen LogP contribution is 2.29. The van der Waals surface area contributed by atoms with Gasteiger partial charge in [0, 0.05) is 11.6 Å². The second-order valence-electron chi connectivity index (χ2n) is 7.16. The predicted octanol–water partition coefficient (Wildman–Crippen LogP) is 4.40. The summed E-state index contributed by atoms with van der Waals surface area (Å²) >= 11 is 0. The first kappa shape index (κ1) is 21.1. The molecule has 0 fully saturated rings. The molecule has 1 unspecified atom stereocenters. The minimum Gasteiger partial charge on any atom is -0.489 e. The van der Waals surface area contributed by atoms with Crippen molar-refractivity contribution in [2.45, 2.75) is 45.3 Å². The van der Waals surface area contributed by atoms with Crippen molar-refractivity contribution in [3.05, 3.63) is 71.3 Å². The van der Waals surface area contributed by atoms with E-state index in [-0.39, 0.29) is 11.8 Å². The number of nitriles is 1. The lowest BCUT2D eigenvalue weighted by Crippen LogP contribution is -2.38. The SMILES string of the molecule is CCCS(=O)(=O)NC1CCCC=C1c1ccc(OCc2ccccc2C#N)cc1. The Morgan fingerprint density at radius 3 is 2.66 bits per heavy atom. The number of hydrogen-bond acceptors (Lipinski definition) is 4. The Hall–Kier alpha value is -2.62. The summed E-state index contributed by atoms with van der Waals surface area (Å²) in [6.45, 7) is 2.19. The number of sulfonamides is 1. The van der Waals surface area contributed by atoms with Gasteiger partial charge in [-0.3, -0.25) is 0 Å². The van der Waals surface area contributed by atoms with Crippen molar-refractivity contribution < 1.29 is 13.2 Å². The standard InChI is InChI=1S/C23H26N2O3S/c1-2-15-29(26,27)25-23-10-6-5-9-22(23)18-11-13-21(14-12-18)28-17-20-8-4-3-7-19(20)16-24/h3-4,7-9,11-14,23,25H,2,5-6,10,15,17H2,1H3. The van der Waals surface area contributed by atoms with Gasteiger partial charge in [0.1, 0.15) is 12.4 Å². The van der Waals surface area contributed by atoms with Gasteiger partial charge in [0.25, 0.3) is 0 Å². The molecule has 0 spiro atoms. The molecule has 1 N–H and O–H groups in total. The highest BCUT2D eigenvalue weighted by atomic mass is 32.2. The molecule has 1 aliphatic carbocycles. The van der Waals surface area contributed by atoms with Crippen LogP contribution in [-0.2, 0) is 16.6 Å². The summed E-state index contributed by atoms with van der Waals surface area (Å²) in [5.74, 6) is 0.856. The van der Waals surface area contributed by atoms with Crippen LogP contribution in [0.3, 0.4) is 0 Å². The zero-order valence-electron chi connectivity index (χ0n) is 16.6. The second kappa shape index (κ2) is 9.73. The Labute approximate surface area is 173 Å². The summed E-state index contributed by atoms with van der Waals surface area (Å²) in [6, 6.07) is 17.1. The number of hydrogen-bond donors (Lipinski definition) is 1. The first-order valence-corrected chi connectivity index (χ1v) is 11.6. The maximum absolute atomic E-state index is 12.2. The lowest BCUT2D eigenvalue weighted by molar-refractivity contribution is 0.306. The van der Waals surface area contributed by atoms with Crippen LogP contribution in [0.15, 0.2) is 54.6 Å². The normalized spacial score (nSPS) is 16.7. The fraction of sp³-hybridized carbons (Fsp3) is 0.348. The molecule has 2 aromatic carbocycles. The molecule has 0 saturated carbocycles. The molecular weight excluding hydrogens is 384 g/mol. The minimum absolute atomic E-state index is 0.147. The topological polar surface area (TPSA) is 79.2 Å². The van der Waals surface area contributed by atoms with Gasteiger partial charge >= 0.3 is 0 Å². The number of benzene rings is 2. The third kappa shape index (κ3) is 5.69. The van der Waals surface area contributed by atoms with Gasteiger partial charge in [-0.2, -0.15) is 5.26 Å². The number of ether oxygens (including phenoxy) is 1. The smallest absolute Gasteiger partial charge is 0.212 e. The quantitative estimate of drug-likeness (QED) is 0.699. The molecule has 0 aromatic heterocycles. The number of rotatable bonds is 8. The summed E-state index contributed by atoms with van der Waals surface area (Å²) < 4.78 is 33.1. The number of allylic oxidation sites excluding steroid dienone is 1. The second-order valence-corrected chi connectivity index (χ2v) is 9.04. The molecule has 3 rings (SSSR count). The lowest BCUT2D eigenvalue weighted by Gasteiger charge is -2.25. The van der Waals surface area contributed by atoms with Crippen molar-refractivity contribution in [3.63, 3.8) is 0 Å². The molecule has 0 bridgehead atoms. The van der Waals surface area contributed by atoms with Crippen LogP contribution >= 0.6 is 0 Å². The van der Waals surface area contributed by atoms with E-state index in [1.54, 1.807) is 6.07 Å². The predicted molar refractivity (Wildman–Crippen MR) is 115 cm³/mol. The van der Waals surface area contributed by atoms with Crippen LogP contribution in [0.1, 0.15) is 49.3 Å². The zero-order chi connectivity index (χ0) is 20.7. The van der Waals surface area contributed by atoms with E-state index in [0.29, 0.717) is 24.3 Å². The third-order valence-electron chi connectivity index (χ3n) is 4.95. The summed E-state index contributed by atoms with van der Waals surface area (Å²) in [4.78, 5) is 0. The van der Waals surface area contributed by atoms with Gasteiger partial charge in [-0.25, -0.2) is 13.1 Å². The van der Waals surface area contributed by atoms with Crippen molar-refractivity contribution in [1.82, 2.24) is 4.72 Å². The maximum atomic E-state index is 12.2. The fourth-order valence-corrected chi connectivity index (χ4v) is 4.86. The van der Waals surface area contributed by atoms with Crippen molar-refractivity contribution in [1.29, 1.82) is 5.26 Å². The van der Waals surface area contributed by atoms with Crippen LogP contribution < -0.4 is 9.46 Å². The molecule has 0 saturated heterocycles. The van der Waals surface area contributed by atoms with Gasteiger partial charge in [0.15, 0.2) is 0 Å². The largest absolute Gasteiger partial charge is 0.489 e. The summed E-state index contributed by atoms with van der Waals surface area (Å²) in [5.41, 5.74) is 3.48. The Balaban J connectivity index is 1.70. The monoisotopic (exact) mass is 410 g/mol. The molecule has 1 aliphatic rings. The van der Waals surface area contributed by atoms with Crippen LogP contribution in [0, 0.1) is 11.3 Å². The molecule has 5 nitrogen and oxygen atoms in total. The van der Waals surface area contributed by atoms with E-state index < -0.39 is 10.0 Å². The van der Waals surface area contributed by atoms with E-state index in [1.807, 2.05) is 49.4 Å². The Morgan fingerprint density at radius 1 is 1.17 bits per heavy atom. The van der Waals surface area contributed by atoms with E-state index >= 15 is 0 Å². The average molecular weight is 411 g/mol. The lowest BCUT2D eigenvalue weighted by atomic mass is 9.90. The van der Waals surface area contributed by atoms with Gasteiger partial charge < -0.3 is 4.74 Å². The highest BCUT2D eigenvalue weighted by Gasteiger charge is 2.23. The van der Waals surface area contributed by atoms with Crippen molar-refractivity contribution in [3.8, 4) is 11.8 Å². The number of nitrogens with one attached hydrogen (secondary N) is 1. The molecule has 1 atom stereocenters. The van der Waals surface area contributed by atoms with Gasteiger partial charge in [-0.1, -0.05) is 43.3 Å². The summed E-state index contributed by atoms with van der Waals surface area (Å²) in [6.07, 6.45) is 5.45. The molecule has 0 aliphatic heterocycles. The van der Waals surface area contributed by atoms with Gasteiger partial charge in [-0.05, 0) is 55.0 Å². The van der Waals surface area contributed by atoms with Gasteiger partial charge in [0.2, 0.25) is 10.0 Å². The summed E-state index contributed by atoms with van der Waals surface area (Å²) in [7, 11) is -3.27. The highest BCUT2D eigenvalue weighted by molar-refractivity contribution is 7.89. The van der Waals surface area contributed by atoms with Crippen LogP contribution in [-0.4, -0.2) is 20.2 Å². The van der Waals surface area contributed by atoms with E-state index in [2.05, 4.69) is 16.9 Å². The van der Waals surface area contributed by atoms with E-state index in [1.165, 1.54) is 0 Å². The third-order valence-corrected chi connectivity index (χ3v) is 6.54. The Bertz CT molecular complexity index is 1010. The molecule has 0 radical (unpaired) electrons.